The number of nitro groups is 1. The average molecular weight is 360 g/mol. The van der Waals surface area contributed by atoms with Crippen LogP contribution in [0.15, 0.2) is 29.2 Å². The third kappa shape index (κ3) is 5.67. The van der Waals surface area contributed by atoms with Gasteiger partial charge in [-0.15, -0.1) is 24.2 Å². The summed E-state index contributed by atoms with van der Waals surface area (Å²) in [5.41, 5.74) is 0.0589. The molecule has 128 valence electrons. The number of hydrogen-bond donors (Lipinski definition) is 2. The summed E-state index contributed by atoms with van der Waals surface area (Å²) in [6, 6.07) is 6.44. The summed E-state index contributed by atoms with van der Waals surface area (Å²) in [5.74, 6) is 0.477. The molecule has 1 aliphatic heterocycles. The summed E-state index contributed by atoms with van der Waals surface area (Å²) in [4.78, 5) is 23.3. The number of benzene rings is 1. The summed E-state index contributed by atoms with van der Waals surface area (Å²) in [5, 5.41) is 16.8. The molecule has 1 aromatic rings. The Morgan fingerprint density at radius 3 is 2.65 bits per heavy atom. The van der Waals surface area contributed by atoms with Crippen molar-refractivity contribution < 1.29 is 9.72 Å². The Bertz CT molecular complexity index is 541. The molecule has 1 fully saturated rings. The van der Waals surface area contributed by atoms with Gasteiger partial charge in [0.25, 0.3) is 5.69 Å². The second-order valence-electron chi connectivity index (χ2n) is 5.60. The van der Waals surface area contributed by atoms with Crippen LogP contribution in [0.2, 0.25) is 0 Å². The first kappa shape index (κ1) is 19.7. The van der Waals surface area contributed by atoms with Crippen molar-refractivity contribution in [2.75, 3.05) is 13.1 Å². The highest BCUT2D eigenvalue weighted by molar-refractivity contribution is 8.00. The van der Waals surface area contributed by atoms with E-state index in [4.69, 9.17) is 0 Å². The summed E-state index contributed by atoms with van der Waals surface area (Å²) >= 11 is 1.41. The number of carbonyl (C=O) groups excluding carboxylic acids is 1. The smallest absolute Gasteiger partial charge is 0.269 e. The molecule has 0 saturated carbocycles. The van der Waals surface area contributed by atoms with Crippen LogP contribution in [0.25, 0.3) is 0 Å². The van der Waals surface area contributed by atoms with Gasteiger partial charge in [0.1, 0.15) is 0 Å². The number of amides is 1. The predicted molar refractivity (Wildman–Crippen MR) is 94.2 cm³/mol. The van der Waals surface area contributed by atoms with E-state index >= 15 is 0 Å². The number of halogens is 1. The Morgan fingerprint density at radius 2 is 2.09 bits per heavy atom. The Hall–Kier alpha value is -1.31. The van der Waals surface area contributed by atoms with Gasteiger partial charge in [0.2, 0.25) is 5.91 Å². The van der Waals surface area contributed by atoms with Crippen molar-refractivity contribution in [1.29, 1.82) is 0 Å². The van der Waals surface area contributed by atoms with Crippen LogP contribution in [0.1, 0.15) is 20.3 Å². The standard InChI is InChI=1S/C15H21N3O3S.ClH/c1-10-7-8-16-9-14(10)17-15(19)11(2)22-13-5-3-12(4-6-13)18(20)21;/h3-6,10-11,14,16H,7-9H2,1-2H3,(H,17,19);1H. The number of rotatable bonds is 5. The molecule has 0 spiro atoms. The van der Waals surface area contributed by atoms with Gasteiger partial charge < -0.3 is 10.6 Å². The predicted octanol–water partition coefficient (Wildman–Crippen LogP) is 2.61. The SMILES string of the molecule is CC(Sc1ccc([N+](=O)[O-])cc1)C(=O)NC1CNCCC1C.Cl. The van der Waals surface area contributed by atoms with Crippen LogP contribution in [-0.2, 0) is 4.79 Å². The van der Waals surface area contributed by atoms with E-state index in [0.717, 1.165) is 24.4 Å². The Morgan fingerprint density at radius 1 is 1.43 bits per heavy atom. The molecule has 0 aromatic heterocycles. The van der Waals surface area contributed by atoms with Gasteiger partial charge in [0, 0.05) is 29.6 Å². The van der Waals surface area contributed by atoms with Crippen molar-refractivity contribution >= 4 is 35.8 Å². The van der Waals surface area contributed by atoms with Gasteiger partial charge in [-0.25, -0.2) is 0 Å². The molecule has 2 rings (SSSR count). The molecule has 6 nitrogen and oxygen atoms in total. The van der Waals surface area contributed by atoms with E-state index in [1.807, 2.05) is 6.92 Å². The fourth-order valence-electron chi connectivity index (χ4n) is 2.39. The second kappa shape index (κ2) is 9.10. The maximum atomic E-state index is 12.3. The van der Waals surface area contributed by atoms with Crippen LogP contribution in [0.5, 0.6) is 0 Å². The molecular weight excluding hydrogens is 338 g/mol. The molecule has 3 unspecified atom stereocenters. The zero-order valence-corrected chi connectivity index (χ0v) is 14.8. The van der Waals surface area contributed by atoms with Crippen LogP contribution in [0.3, 0.4) is 0 Å². The fraction of sp³-hybridized carbons (Fsp3) is 0.533. The van der Waals surface area contributed by atoms with Crippen LogP contribution in [0.4, 0.5) is 5.69 Å². The number of piperidine rings is 1. The quantitative estimate of drug-likeness (QED) is 0.479. The van der Waals surface area contributed by atoms with Gasteiger partial charge >= 0.3 is 0 Å². The molecule has 1 aliphatic rings. The lowest BCUT2D eigenvalue weighted by atomic mass is 9.95. The molecule has 3 atom stereocenters. The number of nitro benzene ring substituents is 1. The van der Waals surface area contributed by atoms with Crippen molar-refractivity contribution in [2.45, 2.75) is 36.5 Å². The fourth-order valence-corrected chi connectivity index (χ4v) is 3.26. The first-order chi connectivity index (χ1) is 10.5. The van der Waals surface area contributed by atoms with Gasteiger partial charge in [-0.1, -0.05) is 6.92 Å². The minimum absolute atomic E-state index is 0. The molecule has 8 heteroatoms. The van der Waals surface area contributed by atoms with Crippen LogP contribution in [0, 0.1) is 16.0 Å². The highest BCUT2D eigenvalue weighted by Crippen LogP contribution is 2.25. The number of nitrogens with one attached hydrogen (secondary N) is 2. The van der Waals surface area contributed by atoms with Gasteiger partial charge in [-0.3, -0.25) is 14.9 Å². The van der Waals surface area contributed by atoms with Crippen LogP contribution >= 0.6 is 24.2 Å². The Kier molecular flexibility index (Phi) is 7.81. The highest BCUT2D eigenvalue weighted by Gasteiger charge is 2.25. The van der Waals surface area contributed by atoms with Gasteiger partial charge in [-0.2, -0.15) is 0 Å². The molecule has 1 aromatic carbocycles. The highest BCUT2D eigenvalue weighted by atomic mass is 35.5. The molecule has 1 amide bonds. The summed E-state index contributed by atoms with van der Waals surface area (Å²) < 4.78 is 0. The van der Waals surface area contributed by atoms with E-state index in [0.29, 0.717) is 5.92 Å². The zero-order valence-electron chi connectivity index (χ0n) is 13.2. The van der Waals surface area contributed by atoms with Crippen molar-refractivity contribution in [3.63, 3.8) is 0 Å². The van der Waals surface area contributed by atoms with Gasteiger partial charge in [0.15, 0.2) is 0 Å². The van der Waals surface area contributed by atoms with E-state index in [1.165, 1.54) is 23.9 Å². The molecular formula is C15H22ClN3O3S. The molecule has 1 saturated heterocycles. The summed E-state index contributed by atoms with van der Waals surface area (Å²) in [6.45, 7) is 5.81. The molecule has 2 N–H and O–H groups in total. The maximum Gasteiger partial charge on any atom is 0.269 e. The minimum atomic E-state index is -0.429. The Balaban J connectivity index is 0.00000264. The normalized spacial score (nSPS) is 21.8. The van der Waals surface area contributed by atoms with Crippen LogP contribution in [-0.4, -0.2) is 35.2 Å². The largest absolute Gasteiger partial charge is 0.351 e. The molecule has 0 aliphatic carbocycles. The first-order valence-electron chi connectivity index (χ1n) is 7.39. The lowest BCUT2D eigenvalue weighted by molar-refractivity contribution is -0.384. The minimum Gasteiger partial charge on any atom is -0.351 e. The molecule has 0 bridgehead atoms. The lowest BCUT2D eigenvalue weighted by Gasteiger charge is -2.31. The Labute approximate surface area is 146 Å². The number of nitrogens with zero attached hydrogens (tertiary/aromatic N) is 1. The number of carbonyl (C=O) groups is 1. The van der Waals surface area contributed by atoms with Gasteiger partial charge in [0.05, 0.1) is 10.2 Å². The van der Waals surface area contributed by atoms with E-state index in [2.05, 4.69) is 17.6 Å². The van der Waals surface area contributed by atoms with Crippen LogP contribution < -0.4 is 10.6 Å². The summed E-state index contributed by atoms with van der Waals surface area (Å²) in [7, 11) is 0. The van der Waals surface area contributed by atoms with E-state index in [1.54, 1.807) is 12.1 Å². The van der Waals surface area contributed by atoms with Crippen molar-refractivity contribution in [2.24, 2.45) is 5.92 Å². The zero-order chi connectivity index (χ0) is 16.1. The van der Waals surface area contributed by atoms with E-state index in [-0.39, 0.29) is 35.3 Å². The van der Waals surface area contributed by atoms with Crippen molar-refractivity contribution in [3.05, 3.63) is 34.4 Å². The van der Waals surface area contributed by atoms with Gasteiger partial charge in [-0.05, 0) is 37.9 Å². The number of hydrogen-bond acceptors (Lipinski definition) is 5. The number of thioether (sulfide) groups is 1. The average Bonchev–Trinajstić information content (AvgIpc) is 2.50. The van der Waals surface area contributed by atoms with Crippen molar-refractivity contribution in [1.82, 2.24) is 10.6 Å². The van der Waals surface area contributed by atoms with E-state index in [9.17, 15) is 14.9 Å². The molecule has 1 heterocycles. The third-order valence-electron chi connectivity index (χ3n) is 3.88. The second-order valence-corrected chi connectivity index (χ2v) is 7.01. The monoisotopic (exact) mass is 359 g/mol. The molecule has 23 heavy (non-hydrogen) atoms. The summed E-state index contributed by atoms with van der Waals surface area (Å²) in [6.07, 6.45) is 1.06. The van der Waals surface area contributed by atoms with E-state index < -0.39 is 4.92 Å². The third-order valence-corrected chi connectivity index (χ3v) is 5.00. The maximum absolute atomic E-state index is 12.3. The number of non-ortho nitro benzene ring substituents is 1. The lowest BCUT2D eigenvalue weighted by Crippen LogP contribution is -2.51. The molecule has 0 radical (unpaired) electrons. The first-order valence-corrected chi connectivity index (χ1v) is 8.27. The topological polar surface area (TPSA) is 84.3 Å². The van der Waals surface area contributed by atoms with Crippen molar-refractivity contribution in [3.8, 4) is 0 Å².